The lowest BCUT2D eigenvalue weighted by atomic mass is 10.1. The van der Waals surface area contributed by atoms with Crippen molar-refractivity contribution in [3.05, 3.63) is 83.0 Å². The molecule has 0 radical (unpaired) electrons. The highest BCUT2D eigenvalue weighted by atomic mass is 35.5. The fourth-order valence-corrected chi connectivity index (χ4v) is 3.63. The van der Waals surface area contributed by atoms with Gasteiger partial charge in [-0.2, -0.15) is 0 Å². The predicted octanol–water partition coefficient (Wildman–Crippen LogP) is 5.92. The number of carbonyl (C=O) groups is 1. The van der Waals surface area contributed by atoms with Gasteiger partial charge in [0.25, 0.3) is 5.91 Å². The Bertz CT molecular complexity index is 1320. The van der Waals surface area contributed by atoms with Crippen LogP contribution in [0.5, 0.6) is 11.5 Å². The lowest BCUT2D eigenvalue weighted by molar-refractivity contribution is 0.102. The van der Waals surface area contributed by atoms with Gasteiger partial charge in [-0.05, 0) is 42.1 Å². The van der Waals surface area contributed by atoms with Crippen molar-refractivity contribution in [3.63, 3.8) is 0 Å². The minimum atomic E-state index is -0.257. The van der Waals surface area contributed by atoms with Crippen LogP contribution in [0.15, 0.2) is 66.9 Å². The van der Waals surface area contributed by atoms with E-state index in [4.69, 9.17) is 21.1 Å². The highest BCUT2D eigenvalue weighted by Gasteiger charge is 2.17. The number of halogens is 1. The van der Waals surface area contributed by atoms with Gasteiger partial charge in [0.2, 0.25) is 6.79 Å². The molecular formula is C24H18ClN3O3. The Labute approximate surface area is 183 Å². The number of carbonyl (C=O) groups excluding carboxylic acids is 1. The molecule has 1 aliphatic rings. The summed E-state index contributed by atoms with van der Waals surface area (Å²) in [6.07, 6.45) is 1.57. The Morgan fingerprint density at radius 2 is 1.74 bits per heavy atom. The van der Waals surface area contributed by atoms with Crippen LogP contribution >= 0.6 is 11.6 Å². The number of amides is 1. The van der Waals surface area contributed by atoms with Crippen LogP contribution in [-0.4, -0.2) is 17.7 Å². The summed E-state index contributed by atoms with van der Waals surface area (Å²) in [5.41, 5.74) is 2.92. The molecule has 1 amide bonds. The molecule has 0 unspecified atom stereocenters. The number of aromatic nitrogens is 1. The number of rotatable bonds is 4. The second kappa shape index (κ2) is 7.81. The van der Waals surface area contributed by atoms with Gasteiger partial charge in [-0.1, -0.05) is 41.9 Å². The molecule has 0 atom stereocenters. The molecule has 3 aromatic carbocycles. The van der Waals surface area contributed by atoms with Gasteiger partial charge in [0, 0.05) is 34.0 Å². The van der Waals surface area contributed by atoms with Gasteiger partial charge >= 0.3 is 0 Å². The standard InChI is InChI=1S/C24H18ClN3O3/c1-14-6-7-15(10-20(14)25)27-23-18-5-3-2-4-17(18)19(12-26-23)24(29)28-16-8-9-21-22(11-16)31-13-30-21/h2-12H,13H2,1H3,(H,26,27)(H,28,29). The van der Waals surface area contributed by atoms with Crippen molar-refractivity contribution in [2.75, 3.05) is 17.4 Å². The Morgan fingerprint density at radius 1 is 0.968 bits per heavy atom. The van der Waals surface area contributed by atoms with E-state index in [0.717, 1.165) is 22.0 Å². The molecule has 0 spiro atoms. The van der Waals surface area contributed by atoms with E-state index >= 15 is 0 Å². The molecule has 154 valence electrons. The zero-order valence-electron chi connectivity index (χ0n) is 16.6. The Balaban J connectivity index is 1.46. The number of nitrogens with zero attached hydrogens (tertiary/aromatic N) is 1. The number of nitrogens with one attached hydrogen (secondary N) is 2. The molecule has 2 heterocycles. The van der Waals surface area contributed by atoms with E-state index in [9.17, 15) is 4.79 Å². The minimum absolute atomic E-state index is 0.182. The van der Waals surface area contributed by atoms with Crippen LogP contribution in [0.1, 0.15) is 15.9 Å². The number of ether oxygens (including phenoxy) is 2. The van der Waals surface area contributed by atoms with Gasteiger partial charge in [0.15, 0.2) is 11.5 Å². The molecule has 7 heteroatoms. The smallest absolute Gasteiger partial charge is 0.257 e. The van der Waals surface area contributed by atoms with Crippen molar-refractivity contribution in [3.8, 4) is 11.5 Å². The first kappa shape index (κ1) is 19.2. The maximum absolute atomic E-state index is 13.0. The van der Waals surface area contributed by atoms with E-state index in [1.54, 1.807) is 24.4 Å². The van der Waals surface area contributed by atoms with Crippen molar-refractivity contribution in [2.24, 2.45) is 0 Å². The summed E-state index contributed by atoms with van der Waals surface area (Å²) >= 11 is 6.25. The maximum atomic E-state index is 13.0. The van der Waals surface area contributed by atoms with E-state index in [1.807, 2.05) is 49.4 Å². The lowest BCUT2D eigenvalue weighted by Gasteiger charge is -2.13. The minimum Gasteiger partial charge on any atom is -0.454 e. The van der Waals surface area contributed by atoms with E-state index in [0.29, 0.717) is 33.6 Å². The van der Waals surface area contributed by atoms with Crippen molar-refractivity contribution in [1.29, 1.82) is 0 Å². The van der Waals surface area contributed by atoms with Crippen LogP contribution in [0, 0.1) is 6.92 Å². The summed E-state index contributed by atoms with van der Waals surface area (Å²) in [6.45, 7) is 2.13. The van der Waals surface area contributed by atoms with Gasteiger partial charge in [0.1, 0.15) is 5.82 Å². The molecule has 5 rings (SSSR count). The summed E-state index contributed by atoms with van der Waals surface area (Å²) in [6, 6.07) is 18.7. The first-order chi connectivity index (χ1) is 15.1. The summed E-state index contributed by atoms with van der Waals surface area (Å²) in [4.78, 5) is 17.5. The van der Waals surface area contributed by atoms with Gasteiger partial charge in [-0.25, -0.2) is 4.98 Å². The lowest BCUT2D eigenvalue weighted by Crippen LogP contribution is -2.13. The molecule has 2 N–H and O–H groups in total. The topological polar surface area (TPSA) is 72.5 Å². The molecule has 4 aromatic rings. The molecule has 31 heavy (non-hydrogen) atoms. The Morgan fingerprint density at radius 3 is 2.58 bits per heavy atom. The zero-order chi connectivity index (χ0) is 21.4. The normalized spacial score (nSPS) is 12.1. The number of anilines is 3. The maximum Gasteiger partial charge on any atom is 0.257 e. The van der Waals surface area contributed by atoms with E-state index in [-0.39, 0.29) is 12.7 Å². The number of hydrogen-bond donors (Lipinski definition) is 2. The number of benzene rings is 3. The summed E-state index contributed by atoms with van der Waals surface area (Å²) < 4.78 is 10.7. The van der Waals surface area contributed by atoms with Crippen LogP contribution < -0.4 is 20.1 Å². The Hall–Kier alpha value is -3.77. The first-order valence-electron chi connectivity index (χ1n) is 9.70. The van der Waals surface area contributed by atoms with Crippen molar-refractivity contribution >= 4 is 45.5 Å². The number of aryl methyl sites for hydroxylation is 1. The molecule has 0 fully saturated rings. The Kier molecular flexibility index (Phi) is 4.84. The van der Waals surface area contributed by atoms with Crippen LogP contribution in [-0.2, 0) is 0 Å². The zero-order valence-corrected chi connectivity index (χ0v) is 17.4. The summed E-state index contributed by atoms with van der Waals surface area (Å²) in [5, 5.41) is 8.51. The average molecular weight is 432 g/mol. The van der Waals surface area contributed by atoms with Crippen molar-refractivity contribution in [2.45, 2.75) is 6.92 Å². The third-order valence-corrected chi connectivity index (χ3v) is 5.51. The largest absolute Gasteiger partial charge is 0.454 e. The highest BCUT2D eigenvalue weighted by molar-refractivity contribution is 6.31. The quantitative estimate of drug-likeness (QED) is 0.419. The van der Waals surface area contributed by atoms with Crippen LogP contribution in [0.3, 0.4) is 0 Å². The third-order valence-electron chi connectivity index (χ3n) is 5.10. The van der Waals surface area contributed by atoms with Crippen molar-refractivity contribution in [1.82, 2.24) is 4.98 Å². The monoisotopic (exact) mass is 431 g/mol. The third kappa shape index (κ3) is 3.73. The second-order valence-electron chi connectivity index (χ2n) is 7.18. The SMILES string of the molecule is Cc1ccc(Nc2ncc(C(=O)Nc3ccc4c(c3)OCO4)c3ccccc23)cc1Cl. The fraction of sp³-hybridized carbons (Fsp3) is 0.0833. The number of pyridine rings is 1. The van der Waals surface area contributed by atoms with Crippen molar-refractivity contribution < 1.29 is 14.3 Å². The van der Waals surface area contributed by atoms with E-state index < -0.39 is 0 Å². The molecule has 1 aliphatic heterocycles. The number of fused-ring (bicyclic) bond motifs is 2. The molecule has 1 aromatic heterocycles. The highest BCUT2D eigenvalue weighted by Crippen LogP contribution is 2.35. The van der Waals surface area contributed by atoms with Crippen LogP contribution in [0.2, 0.25) is 5.02 Å². The summed E-state index contributed by atoms with van der Waals surface area (Å²) in [5.74, 6) is 1.66. The van der Waals surface area contributed by atoms with Crippen LogP contribution in [0.4, 0.5) is 17.2 Å². The van der Waals surface area contributed by atoms with Gasteiger partial charge < -0.3 is 20.1 Å². The molecular weight excluding hydrogens is 414 g/mol. The number of hydrogen-bond acceptors (Lipinski definition) is 5. The van der Waals surface area contributed by atoms with Gasteiger partial charge in [0.05, 0.1) is 5.56 Å². The van der Waals surface area contributed by atoms with Crippen LogP contribution in [0.25, 0.3) is 10.8 Å². The fourth-order valence-electron chi connectivity index (χ4n) is 3.45. The molecule has 0 bridgehead atoms. The second-order valence-corrected chi connectivity index (χ2v) is 7.58. The average Bonchev–Trinajstić information content (AvgIpc) is 3.24. The summed E-state index contributed by atoms with van der Waals surface area (Å²) in [7, 11) is 0. The molecule has 0 saturated heterocycles. The molecule has 0 aliphatic carbocycles. The van der Waals surface area contributed by atoms with Gasteiger partial charge in [-0.3, -0.25) is 4.79 Å². The van der Waals surface area contributed by atoms with E-state index in [2.05, 4.69) is 15.6 Å². The van der Waals surface area contributed by atoms with E-state index in [1.165, 1.54) is 0 Å². The van der Waals surface area contributed by atoms with Gasteiger partial charge in [-0.15, -0.1) is 0 Å². The molecule has 0 saturated carbocycles. The first-order valence-corrected chi connectivity index (χ1v) is 10.1. The predicted molar refractivity (Wildman–Crippen MR) is 122 cm³/mol. The molecule has 6 nitrogen and oxygen atoms in total.